The third-order valence-electron chi connectivity index (χ3n) is 3.69. The number of H-pyrrole nitrogens is 1. The fourth-order valence-electron chi connectivity index (χ4n) is 2.50. The molecule has 0 amide bonds. The van der Waals surface area contributed by atoms with Crippen molar-refractivity contribution in [2.24, 2.45) is 5.73 Å². The lowest BCUT2D eigenvalue weighted by atomic mass is 10.0. The predicted octanol–water partition coefficient (Wildman–Crippen LogP) is 2.55. The summed E-state index contributed by atoms with van der Waals surface area (Å²) in [4.78, 5) is 14.7. The lowest BCUT2D eigenvalue weighted by Crippen LogP contribution is -2.18. The quantitative estimate of drug-likeness (QED) is 0.466. The zero-order valence-corrected chi connectivity index (χ0v) is 12.9. The van der Waals surface area contributed by atoms with Gasteiger partial charge in [-0.15, -0.1) is 0 Å². The van der Waals surface area contributed by atoms with E-state index < -0.39 is 0 Å². The standard InChI is InChI=1S/C17H24N4O/c1-12(6-2-3-10-18)21-16-13(7-4-9-15(16)19)14-8-5-11-20-17(14)22/h4-5,7-9,11-12,21H,2-3,6,10,18-19H2,1H3,(H,20,22). The average molecular weight is 300 g/mol. The predicted molar refractivity (Wildman–Crippen MR) is 92.9 cm³/mol. The van der Waals surface area contributed by atoms with E-state index in [0.717, 1.165) is 30.5 Å². The van der Waals surface area contributed by atoms with Crippen LogP contribution >= 0.6 is 0 Å². The van der Waals surface area contributed by atoms with Crippen molar-refractivity contribution >= 4 is 11.4 Å². The Bertz CT molecular complexity index is 666. The number of anilines is 2. The van der Waals surface area contributed by atoms with Crippen LogP contribution in [0.2, 0.25) is 0 Å². The average Bonchev–Trinajstić information content (AvgIpc) is 2.50. The maximum Gasteiger partial charge on any atom is 0.255 e. The number of aromatic amines is 1. The van der Waals surface area contributed by atoms with Crippen molar-refractivity contribution in [3.05, 3.63) is 46.9 Å². The summed E-state index contributed by atoms with van der Waals surface area (Å²) in [6.45, 7) is 2.83. The summed E-state index contributed by atoms with van der Waals surface area (Å²) in [6, 6.07) is 9.50. The van der Waals surface area contributed by atoms with Crippen LogP contribution in [0.15, 0.2) is 41.3 Å². The Morgan fingerprint density at radius 2 is 1.95 bits per heavy atom. The van der Waals surface area contributed by atoms with E-state index in [1.54, 1.807) is 12.3 Å². The molecule has 0 aliphatic rings. The molecule has 2 rings (SSSR count). The molecule has 1 aromatic heterocycles. The molecular weight excluding hydrogens is 276 g/mol. The van der Waals surface area contributed by atoms with Crippen LogP contribution < -0.4 is 22.3 Å². The topological polar surface area (TPSA) is 96.9 Å². The molecule has 5 nitrogen and oxygen atoms in total. The highest BCUT2D eigenvalue weighted by Gasteiger charge is 2.13. The lowest BCUT2D eigenvalue weighted by Gasteiger charge is -2.19. The molecule has 0 radical (unpaired) electrons. The van der Waals surface area contributed by atoms with E-state index in [1.807, 2.05) is 24.3 Å². The van der Waals surface area contributed by atoms with Crippen molar-refractivity contribution in [3.63, 3.8) is 0 Å². The van der Waals surface area contributed by atoms with Crippen LogP contribution in [0.25, 0.3) is 11.1 Å². The lowest BCUT2D eigenvalue weighted by molar-refractivity contribution is 0.628. The van der Waals surface area contributed by atoms with Crippen molar-refractivity contribution < 1.29 is 0 Å². The summed E-state index contributed by atoms with van der Waals surface area (Å²) in [6.07, 6.45) is 4.72. The minimum Gasteiger partial charge on any atom is -0.397 e. The van der Waals surface area contributed by atoms with E-state index in [4.69, 9.17) is 11.5 Å². The molecule has 118 valence electrons. The molecule has 2 aromatic rings. The molecule has 22 heavy (non-hydrogen) atoms. The molecule has 0 aliphatic carbocycles. The number of aromatic nitrogens is 1. The van der Waals surface area contributed by atoms with Gasteiger partial charge in [-0.05, 0) is 44.5 Å². The van der Waals surface area contributed by atoms with E-state index in [2.05, 4.69) is 17.2 Å². The normalized spacial score (nSPS) is 12.1. The first kappa shape index (κ1) is 16.1. The van der Waals surface area contributed by atoms with E-state index in [0.29, 0.717) is 17.8 Å². The van der Waals surface area contributed by atoms with Crippen LogP contribution in [0.3, 0.4) is 0 Å². The molecule has 0 saturated carbocycles. The van der Waals surface area contributed by atoms with Crippen molar-refractivity contribution in [3.8, 4) is 11.1 Å². The number of nitrogen functional groups attached to an aromatic ring is 1. The Kier molecular flexibility index (Phi) is 5.61. The van der Waals surface area contributed by atoms with Gasteiger partial charge >= 0.3 is 0 Å². The van der Waals surface area contributed by atoms with Gasteiger partial charge in [0.1, 0.15) is 0 Å². The van der Waals surface area contributed by atoms with Crippen molar-refractivity contribution in [2.75, 3.05) is 17.6 Å². The molecule has 0 bridgehead atoms. The van der Waals surface area contributed by atoms with Gasteiger partial charge in [0.05, 0.1) is 11.4 Å². The van der Waals surface area contributed by atoms with E-state index in [1.165, 1.54) is 0 Å². The summed E-state index contributed by atoms with van der Waals surface area (Å²) >= 11 is 0. The molecule has 0 spiro atoms. The van der Waals surface area contributed by atoms with Gasteiger partial charge in [-0.1, -0.05) is 18.6 Å². The van der Waals surface area contributed by atoms with Gasteiger partial charge in [0.2, 0.25) is 0 Å². The van der Waals surface area contributed by atoms with Crippen LogP contribution in [0.1, 0.15) is 26.2 Å². The SMILES string of the molecule is CC(CCCCN)Nc1c(N)cccc1-c1ccc[nH]c1=O. The number of hydrogen-bond acceptors (Lipinski definition) is 4. The Morgan fingerprint density at radius 1 is 1.18 bits per heavy atom. The third kappa shape index (κ3) is 3.89. The van der Waals surface area contributed by atoms with Crippen molar-refractivity contribution in [1.29, 1.82) is 0 Å². The molecule has 0 saturated heterocycles. The van der Waals surface area contributed by atoms with Crippen molar-refractivity contribution in [2.45, 2.75) is 32.2 Å². The van der Waals surface area contributed by atoms with Gasteiger partial charge in [-0.25, -0.2) is 0 Å². The first-order chi connectivity index (χ1) is 10.6. The largest absolute Gasteiger partial charge is 0.397 e. The first-order valence-electron chi connectivity index (χ1n) is 7.66. The first-order valence-corrected chi connectivity index (χ1v) is 7.66. The number of unbranched alkanes of at least 4 members (excludes halogenated alkanes) is 1. The summed E-state index contributed by atoms with van der Waals surface area (Å²) < 4.78 is 0. The zero-order chi connectivity index (χ0) is 15.9. The molecule has 1 heterocycles. The molecule has 0 aliphatic heterocycles. The number of para-hydroxylation sites is 1. The van der Waals surface area contributed by atoms with E-state index in [9.17, 15) is 4.79 Å². The smallest absolute Gasteiger partial charge is 0.255 e. The summed E-state index contributed by atoms with van der Waals surface area (Å²) in [5.41, 5.74) is 14.4. The molecule has 0 fully saturated rings. The number of nitrogens with one attached hydrogen (secondary N) is 2. The van der Waals surface area contributed by atoms with Crippen LogP contribution in [0.5, 0.6) is 0 Å². The minimum absolute atomic E-state index is 0.119. The number of nitrogens with two attached hydrogens (primary N) is 2. The second kappa shape index (κ2) is 7.66. The van der Waals surface area contributed by atoms with Crippen LogP contribution in [0, 0.1) is 0 Å². The van der Waals surface area contributed by atoms with Gasteiger partial charge in [0.15, 0.2) is 0 Å². The third-order valence-corrected chi connectivity index (χ3v) is 3.69. The molecule has 1 unspecified atom stereocenters. The number of pyridine rings is 1. The van der Waals surface area contributed by atoms with Gasteiger partial charge in [-0.3, -0.25) is 4.79 Å². The Labute approximate surface area is 130 Å². The monoisotopic (exact) mass is 300 g/mol. The van der Waals surface area contributed by atoms with Gasteiger partial charge < -0.3 is 21.8 Å². The maximum absolute atomic E-state index is 12.0. The van der Waals surface area contributed by atoms with Crippen LogP contribution in [0.4, 0.5) is 11.4 Å². The summed E-state index contributed by atoms with van der Waals surface area (Å²) in [7, 11) is 0. The van der Waals surface area contributed by atoms with Crippen LogP contribution in [-0.2, 0) is 0 Å². The van der Waals surface area contributed by atoms with Gasteiger partial charge in [0.25, 0.3) is 5.56 Å². The van der Waals surface area contributed by atoms with Crippen molar-refractivity contribution in [1.82, 2.24) is 4.98 Å². The molecule has 6 N–H and O–H groups in total. The Hall–Kier alpha value is -2.27. The highest BCUT2D eigenvalue weighted by Crippen LogP contribution is 2.31. The molecule has 1 atom stereocenters. The maximum atomic E-state index is 12.0. The second-order valence-electron chi connectivity index (χ2n) is 5.51. The molecule has 5 heteroatoms. The highest BCUT2D eigenvalue weighted by molar-refractivity contribution is 5.85. The van der Waals surface area contributed by atoms with Crippen LogP contribution in [-0.4, -0.2) is 17.6 Å². The fourth-order valence-corrected chi connectivity index (χ4v) is 2.50. The molecular formula is C17H24N4O. The summed E-state index contributed by atoms with van der Waals surface area (Å²) in [5, 5.41) is 3.44. The second-order valence-corrected chi connectivity index (χ2v) is 5.51. The van der Waals surface area contributed by atoms with Gasteiger partial charge in [0, 0.05) is 23.4 Å². The molecule has 1 aromatic carbocycles. The number of benzene rings is 1. The Balaban J connectivity index is 2.28. The number of hydrogen-bond donors (Lipinski definition) is 4. The minimum atomic E-state index is -0.119. The fraction of sp³-hybridized carbons (Fsp3) is 0.353. The highest BCUT2D eigenvalue weighted by atomic mass is 16.1. The van der Waals surface area contributed by atoms with E-state index >= 15 is 0 Å². The van der Waals surface area contributed by atoms with E-state index in [-0.39, 0.29) is 11.6 Å². The van der Waals surface area contributed by atoms with Gasteiger partial charge in [-0.2, -0.15) is 0 Å². The Morgan fingerprint density at radius 3 is 2.68 bits per heavy atom. The zero-order valence-electron chi connectivity index (χ0n) is 12.9. The summed E-state index contributed by atoms with van der Waals surface area (Å²) in [5.74, 6) is 0. The number of rotatable bonds is 7.